The first kappa shape index (κ1) is 20.6. The highest BCUT2D eigenvalue weighted by molar-refractivity contribution is 5.85. The minimum Gasteiger partial charge on any atom is -0.405 e. The van der Waals surface area contributed by atoms with Gasteiger partial charge in [0, 0.05) is 34.6 Å². The van der Waals surface area contributed by atoms with Crippen LogP contribution in [0, 0.1) is 0 Å². The van der Waals surface area contributed by atoms with E-state index in [4.69, 9.17) is 11.5 Å². The van der Waals surface area contributed by atoms with Crippen LogP contribution in [-0.2, 0) is 0 Å². The van der Waals surface area contributed by atoms with Gasteiger partial charge in [-0.15, -0.1) is 38.7 Å². The van der Waals surface area contributed by atoms with Gasteiger partial charge < -0.3 is 20.9 Å². The van der Waals surface area contributed by atoms with Gasteiger partial charge in [0.1, 0.15) is 11.5 Å². The van der Waals surface area contributed by atoms with Gasteiger partial charge in [0.2, 0.25) is 0 Å². The number of ether oxygens (including phenoxy) is 2. The van der Waals surface area contributed by atoms with Crippen molar-refractivity contribution in [3.8, 4) is 22.6 Å². The van der Waals surface area contributed by atoms with Gasteiger partial charge in [-0.25, -0.2) is 0 Å². The molecule has 0 atom stereocenters. The molecule has 0 aliphatic heterocycles. The number of nitrogens with two attached hydrogens (primary N) is 2. The van der Waals surface area contributed by atoms with Crippen molar-refractivity contribution >= 4 is 23.8 Å². The number of alkyl halides is 6. The Hall–Kier alpha value is -2.49. The van der Waals surface area contributed by atoms with Crippen LogP contribution in [0.2, 0.25) is 0 Å². The number of halogens is 7. The Labute approximate surface area is 143 Å². The molecule has 4 N–H and O–H groups in total. The number of anilines is 2. The third-order valence-corrected chi connectivity index (χ3v) is 2.75. The summed E-state index contributed by atoms with van der Waals surface area (Å²) in [5.41, 5.74) is 10.1. The predicted molar refractivity (Wildman–Crippen MR) is 81.3 cm³/mol. The molecule has 0 saturated carbocycles. The molecule has 0 fully saturated rings. The van der Waals surface area contributed by atoms with Gasteiger partial charge >= 0.3 is 12.7 Å². The molecular formula is C14H11ClF6N2O2. The maximum Gasteiger partial charge on any atom is 0.573 e. The highest BCUT2D eigenvalue weighted by atomic mass is 35.5. The normalized spacial score (nSPS) is 11.6. The van der Waals surface area contributed by atoms with Crippen LogP contribution in [0.4, 0.5) is 37.7 Å². The fraction of sp³-hybridized carbons (Fsp3) is 0.143. The largest absolute Gasteiger partial charge is 0.573 e. The molecule has 11 heteroatoms. The lowest BCUT2D eigenvalue weighted by atomic mass is 10.0. The molecule has 4 nitrogen and oxygen atoms in total. The standard InChI is InChI=1S/C14H10F6N2O2.ClH/c15-13(16,17)23-11-5-7(21)1-3-9(11)10-4-2-8(22)6-12(10)24-14(18,19)20;/h1-6H,21-22H2;1H. The SMILES string of the molecule is Cl.Nc1ccc(-c2ccc(N)cc2OC(F)(F)F)c(OC(F)(F)F)c1. The zero-order valence-corrected chi connectivity index (χ0v) is 12.9. The molecule has 2 aromatic rings. The number of benzene rings is 2. The average Bonchev–Trinajstić information content (AvgIpc) is 2.36. The summed E-state index contributed by atoms with van der Waals surface area (Å²) in [4.78, 5) is 0. The minimum absolute atomic E-state index is 0. The van der Waals surface area contributed by atoms with Crippen molar-refractivity contribution in [3.63, 3.8) is 0 Å². The zero-order valence-electron chi connectivity index (χ0n) is 12.1. The number of hydrogen-bond donors (Lipinski definition) is 2. The van der Waals surface area contributed by atoms with Crippen LogP contribution in [0.15, 0.2) is 36.4 Å². The number of nitrogen functional groups attached to an aromatic ring is 2. The van der Waals surface area contributed by atoms with Crippen LogP contribution in [0.5, 0.6) is 11.5 Å². The molecule has 0 aliphatic rings. The summed E-state index contributed by atoms with van der Waals surface area (Å²) in [6.45, 7) is 0. The minimum atomic E-state index is -5.05. The molecule has 0 aliphatic carbocycles. The first-order valence-corrected chi connectivity index (χ1v) is 6.25. The van der Waals surface area contributed by atoms with Crippen LogP contribution in [0.3, 0.4) is 0 Å². The van der Waals surface area contributed by atoms with Crippen molar-refractivity contribution in [2.75, 3.05) is 11.5 Å². The van der Waals surface area contributed by atoms with Crippen LogP contribution < -0.4 is 20.9 Å². The Morgan fingerprint density at radius 3 is 1.24 bits per heavy atom. The van der Waals surface area contributed by atoms with Gasteiger partial charge in [0.15, 0.2) is 0 Å². The summed E-state index contributed by atoms with van der Waals surface area (Å²) in [6.07, 6.45) is -10.1. The Balaban J connectivity index is 0.00000312. The molecule has 0 amide bonds. The van der Waals surface area contributed by atoms with Crippen molar-refractivity contribution < 1.29 is 35.8 Å². The number of hydrogen-bond acceptors (Lipinski definition) is 4. The van der Waals surface area contributed by atoms with E-state index < -0.39 is 24.2 Å². The summed E-state index contributed by atoms with van der Waals surface area (Å²) in [5.74, 6) is -1.53. The van der Waals surface area contributed by atoms with Gasteiger partial charge in [-0.3, -0.25) is 0 Å². The smallest absolute Gasteiger partial charge is 0.405 e. The molecule has 0 spiro atoms. The first-order valence-electron chi connectivity index (χ1n) is 6.25. The average molecular weight is 389 g/mol. The van der Waals surface area contributed by atoms with Crippen molar-refractivity contribution in [1.82, 2.24) is 0 Å². The van der Waals surface area contributed by atoms with E-state index in [0.717, 1.165) is 24.3 Å². The Kier molecular flexibility index (Phi) is 5.90. The lowest BCUT2D eigenvalue weighted by Gasteiger charge is -2.18. The summed E-state index contributed by atoms with van der Waals surface area (Å²) < 4.78 is 82.7. The third kappa shape index (κ3) is 5.82. The fourth-order valence-corrected chi connectivity index (χ4v) is 1.94. The quantitative estimate of drug-likeness (QED) is 0.588. The van der Waals surface area contributed by atoms with Gasteiger partial charge in [-0.1, -0.05) is 0 Å². The molecule has 0 saturated heterocycles. The van der Waals surface area contributed by atoms with Gasteiger partial charge in [0.25, 0.3) is 0 Å². The third-order valence-electron chi connectivity index (χ3n) is 2.75. The Morgan fingerprint density at radius 1 is 0.640 bits per heavy atom. The van der Waals surface area contributed by atoms with Gasteiger partial charge in [0.05, 0.1) is 0 Å². The maximum atomic E-state index is 12.5. The molecule has 138 valence electrons. The fourth-order valence-electron chi connectivity index (χ4n) is 1.94. The van der Waals surface area contributed by atoms with E-state index in [9.17, 15) is 26.3 Å². The Bertz CT molecular complexity index is 686. The maximum absolute atomic E-state index is 12.5. The van der Waals surface area contributed by atoms with Gasteiger partial charge in [-0.05, 0) is 24.3 Å². The topological polar surface area (TPSA) is 70.5 Å². The lowest BCUT2D eigenvalue weighted by Crippen LogP contribution is -2.19. The van der Waals surface area contributed by atoms with Crippen molar-refractivity contribution in [1.29, 1.82) is 0 Å². The molecule has 0 heterocycles. The first-order chi connectivity index (χ1) is 10.9. The monoisotopic (exact) mass is 388 g/mol. The predicted octanol–water partition coefficient (Wildman–Crippen LogP) is 4.74. The van der Waals surface area contributed by atoms with Crippen LogP contribution in [-0.4, -0.2) is 12.7 Å². The summed E-state index contributed by atoms with van der Waals surface area (Å²) in [7, 11) is 0. The molecule has 0 radical (unpaired) electrons. The highest BCUT2D eigenvalue weighted by Crippen LogP contribution is 2.41. The molecule has 0 aromatic heterocycles. The molecule has 25 heavy (non-hydrogen) atoms. The summed E-state index contributed by atoms with van der Waals surface area (Å²) in [5, 5.41) is 0. The van der Waals surface area contributed by atoms with Crippen molar-refractivity contribution in [3.05, 3.63) is 36.4 Å². The van der Waals surface area contributed by atoms with Crippen molar-refractivity contribution in [2.24, 2.45) is 0 Å². The van der Waals surface area contributed by atoms with E-state index in [-0.39, 0.29) is 34.9 Å². The molecular weight excluding hydrogens is 378 g/mol. The second kappa shape index (κ2) is 7.18. The van der Waals surface area contributed by atoms with E-state index in [2.05, 4.69) is 9.47 Å². The summed E-state index contributed by atoms with van der Waals surface area (Å²) in [6, 6.07) is 6.29. The van der Waals surface area contributed by atoms with Crippen LogP contribution >= 0.6 is 12.4 Å². The van der Waals surface area contributed by atoms with Crippen molar-refractivity contribution in [2.45, 2.75) is 12.7 Å². The van der Waals surface area contributed by atoms with E-state index in [1.807, 2.05) is 0 Å². The van der Waals surface area contributed by atoms with E-state index >= 15 is 0 Å². The van der Waals surface area contributed by atoms with Crippen LogP contribution in [0.1, 0.15) is 0 Å². The van der Waals surface area contributed by atoms with Gasteiger partial charge in [-0.2, -0.15) is 0 Å². The zero-order chi connectivity index (χ0) is 18.1. The molecule has 0 unspecified atom stereocenters. The second-order valence-corrected chi connectivity index (χ2v) is 4.61. The lowest BCUT2D eigenvalue weighted by molar-refractivity contribution is -0.276. The van der Waals surface area contributed by atoms with E-state index in [1.54, 1.807) is 0 Å². The second-order valence-electron chi connectivity index (χ2n) is 4.61. The highest BCUT2D eigenvalue weighted by Gasteiger charge is 2.35. The Morgan fingerprint density at radius 2 is 0.960 bits per heavy atom. The summed E-state index contributed by atoms with van der Waals surface area (Å²) >= 11 is 0. The number of rotatable bonds is 3. The van der Waals surface area contributed by atoms with E-state index in [1.165, 1.54) is 12.1 Å². The molecule has 2 aromatic carbocycles. The molecule has 2 rings (SSSR count). The molecule has 0 bridgehead atoms. The van der Waals surface area contributed by atoms with E-state index in [0.29, 0.717) is 0 Å². The van der Waals surface area contributed by atoms with Crippen LogP contribution in [0.25, 0.3) is 11.1 Å².